The molecule has 14 heavy (non-hydrogen) atoms. The third-order valence-corrected chi connectivity index (χ3v) is 2.66. The minimum Gasteiger partial charge on any atom is -0.271 e. The minimum absolute atomic E-state index is 0.346. The van der Waals surface area contributed by atoms with Gasteiger partial charge in [-0.15, -0.1) is 5.10 Å². The first-order valence-corrected chi connectivity index (χ1v) is 5.09. The van der Waals surface area contributed by atoms with E-state index >= 15 is 0 Å². The van der Waals surface area contributed by atoms with Crippen molar-refractivity contribution < 1.29 is 0 Å². The third kappa shape index (κ3) is 2.52. The largest absolute Gasteiger partial charge is 0.271 e. The number of nitrogens with zero attached hydrogens (tertiary/aromatic N) is 3. The molecular weight excluding hydrogens is 178 g/mol. The lowest BCUT2D eigenvalue weighted by molar-refractivity contribution is 0.462. The van der Waals surface area contributed by atoms with Crippen LogP contribution < -0.4 is 11.3 Å². The molecule has 78 valence electrons. The van der Waals surface area contributed by atoms with Gasteiger partial charge in [-0.1, -0.05) is 18.1 Å². The topological polar surface area (TPSA) is 68.8 Å². The van der Waals surface area contributed by atoms with Crippen LogP contribution in [0.3, 0.4) is 0 Å². The van der Waals surface area contributed by atoms with E-state index in [0.717, 1.165) is 24.5 Å². The lowest BCUT2D eigenvalue weighted by atomic mass is 10.1. The molecule has 0 radical (unpaired) electrons. The summed E-state index contributed by atoms with van der Waals surface area (Å²) in [6.45, 7) is 0. The van der Waals surface area contributed by atoms with E-state index in [2.05, 4.69) is 15.7 Å². The second kappa shape index (κ2) is 4.06. The van der Waals surface area contributed by atoms with Crippen molar-refractivity contribution >= 4 is 0 Å². The van der Waals surface area contributed by atoms with Crippen LogP contribution in [0.2, 0.25) is 0 Å². The lowest BCUT2D eigenvalue weighted by Crippen LogP contribution is -2.37. The summed E-state index contributed by atoms with van der Waals surface area (Å²) in [5.41, 5.74) is 3.86. The van der Waals surface area contributed by atoms with Gasteiger partial charge in [0.15, 0.2) is 0 Å². The Balaban J connectivity index is 1.86. The zero-order valence-corrected chi connectivity index (χ0v) is 8.48. The third-order valence-electron chi connectivity index (χ3n) is 2.66. The van der Waals surface area contributed by atoms with Gasteiger partial charge >= 0.3 is 0 Å². The van der Waals surface area contributed by atoms with Gasteiger partial charge in [0, 0.05) is 25.7 Å². The summed E-state index contributed by atoms with van der Waals surface area (Å²) in [6, 6.07) is 0.346. The highest BCUT2D eigenvalue weighted by atomic mass is 15.4. The van der Waals surface area contributed by atoms with Crippen molar-refractivity contribution in [3.05, 3.63) is 11.9 Å². The first-order chi connectivity index (χ1) is 6.78. The van der Waals surface area contributed by atoms with Crippen LogP contribution in [0.25, 0.3) is 0 Å². The molecular formula is C9H17N5. The molecule has 1 fully saturated rings. The van der Waals surface area contributed by atoms with Gasteiger partial charge in [0.25, 0.3) is 0 Å². The predicted octanol–water partition coefficient (Wildman–Crippen LogP) is -0.0104. The molecule has 0 aliphatic heterocycles. The first kappa shape index (κ1) is 9.61. The van der Waals surface area contributed by atoms with Gasteiger partial charge in [-0.25, -0.2) is 0 Å². The molecule has 0 aromatic carbocycles. The van der Waals surface area contributed by atoms with E-state index in [4.69, 9.17) is 5.84 Å². The van der Waals surface area contributed by atoms with Gasteiger partial charge < -0.3 is 0 Å². The minimum atomic E-state index is 0.346. The molecule has 1 heterocycles. The summed E-state index contributed by atoms with van der Waals surface area (Å²) < 4.78 is 1.72. The molecule has 0 spiro atoms. The number of nitrogens with two attached hydrogens (primary N) is 1. The molecule has 1 aliphatic rings. The van der Waals surface area contributed by atoms with E-state index < -0.39 is 0 Å². The monoisotopic (exact) mass is 195 g/mol. The van der Waals surface area contributed by atoms with Crippen molar-refractivity contribution in [1.29, 1.82) is 0 Å². The molecule has 1 aromatic heterocycles. The van der Waals surface area contributed by atoms with E-state index in [-0.39, 0.29) is 0 Å². The Hall–Kier alpha value is -0.940. The molecule has 1 saturated carbocycles. The van der Waals surface area contributed by atoms with Gasteiger partial charge in [-0.3, -0.25) is 16.0 Å². The summed E-state index contributed by atoms with van der Waals surface area (Å²) >= 11 is 0. The highest BCUT2D eigenvalue weighted by molar-refractivity contribution is 4.96. The zero-order valence-electron chi connectivity index (χ0n) is 8.48. The Morgan fingerprint density at radius 3 is 3.00 bits per heavy atom. The lowest BCUT2D eigenvalue weighted by Gasteiger charge is -2.13. The Kier molecular flexibility index (Phi) is 2.79. The van der Waals surface area contributed by atoms with Crippen LogP contribution in [0.15, 0.2) is 6.20 Å². The smallest absolute Gasteiger partial charge is 0.0843 e. The molecule has 1 aliphatic carbocycles. The number of hydrazine groups is 1. The van der Waals surface area contributed by atoms with Crippen LogP contribution in [0, 0.1) is 5.92 Å². The van der Waals surface area contributed by atoms with Crippen LogP contribution in [0.1, 0.15) is 25.0 Å². The van der Waals surface area contributed by atoms with Crippen molar-refractivity contribution in [1.82, 2.24) is 20.4 Å². The summed E-state index contributed by atoms with van der Waals surface area (Å²) in [5.74, 6) is 6.38. The average molecular weight is 195 g/mol. The molecule has 0 amide bonds. The van der Waals surface area contributed by atoms with Gasteiger partial charge in [0.1, 0.15) is 0 Å². The highest BCUT2D eigenvalue weighted by Crippen LogP contribution is 2.33. The van der Waals surface area contributed by atoms with E-state index in [0.29, 0.717) is 6.04 Å². The van der Waals surface area contributed by atoms with Crippen LogP contribution in [-0.2, 0) is 13.5 Å². The molecule has 0 bridgehead atoms. The summed E-state index contributed by atoms with van der Waals surface area (Å²) in [4.78, 5) is 0. The fourth-order valence-electron chi connectivity index (χ4n) is 1.71. The first-order valence-electron chi connectivity index (χ1n) is 5.09. The Morgan fingerprint density at radius 2 is 2.50 bits per heavy atom. The number of aromatic nitrogens is 3. The van der Waals surface area contributed by atoms with Crippen molar-refractivity contribution in [2.24, 2.45) is 18.8 Å². The van der Waals surface area contributed by atoms with Crippen LogP contribution in [0.4, 0.5) is 0 Å². The fourth-order valence-corrected chi connectivity index (χ4v) is 1.71. The molecule has 3 N–H and O–H groups in total. The number of hydrogen-bond donors (Lipinski definition) is 2. The maximum Gasteiger partial charge on any atom is 0.0843 e. The number of hydrogen-bond acceptors (Lipinski definition) is 4. The Morgan fingerprint density at radius 1 is 1.71 bits per heavy atom. The van der Waals surface area contributed by atoms with Gasteiger partial charge in [0.2, 0.25) is 0 Å². The van der Waals surface area contributed by atoms with Crippen LogP contribution in [-0.4, -0.2) is 21.0 Å². The SMILES string of the molecule is Cn1cc(CC(CC2CC2)NN)nn1. The average Bonchev–Trinajstić information content (AvgIpc) is 2.89. The summed E-state index contributed by atoms with van der Waals surface area (Å²) in [5, 5.41) is 7.95. The van der Waals surface area contributed by atoms with Crippen LogP contribution in [0.5, 0.6) is 0 Å². The number of nitrogens with one attached hydrogen (secondary N) is 1. The van der Waals surface area contributed by atoms with E-state index in [1.54, 1.807) is 4.68 Å². The number of rotatable bonds is 5. The Labute approximate surface area is 83.6 Å². The predicted molar refractivity (Wildman–Crippen MR) is 53.2 cm³/mol. The van der Waals surface area contributed by atoms with Crippen molar-refractivity contribution in [2.45, 2.75) is 31.7 Å². The van der Waals surface area contributed by atoms with Gasteiger partial charge in [-0.05, 0) is 12.3 Å². The normalized spacial score (nSPS) is 18.4. The molecule has 1 aromatic rings. The van der Waals surface area contributed by atoms with Gasteiger partial charge in [-0.2, -0.15) is 0 Å². The summed E-state index contributed by atoms with van der Waals surface area (Å²) in [6.07, 6.45) is 6.70. The maximum atomic E-state index is 5.50. The van der Waals surface area contributed by atoms with E-state index in [1.165, 1.54) is 12.8 Å². The molecule has 5 heteroatoms. The van der Waals surface area contributed by atoms with Crippen LogP contribution >= 0.6 is 0 Å². The molecule has 0 saturated heterocycles. The molecule has 1 unspecified atom stereocenters. The van der Waals surface area contributed by atoms with E-state index in [9.17, 15) is 0 Å². The second-order valence-electron chi connectivity index (χ2n) is 4.13. The summed E-state index contributed by atoms with van der Waals surface area (Å²) in [7, 11) is 1.88. The molecule has 1 atom stereocenters. The number of aryl methyl sites for hydroxylation is 1. The maximum absolute atomic E-state index is 5.50. The fraction of sp³-hybridized carbons (Fsp3) is 0.778. The quantitative estimate of drug-likeness (QED) is 0.512. The van der Waals surface area contributed by atoms with Crippen molar-refractivity contribution in [3.8, 4) is 0 Å². The van der Waals surface area contributed by atoms with Crippen molar-refractivity contribution in [2.75, 3.05) is 0 Å². The standard InChI is InChI=1S/C9H17N5/c1-14-6-9(12-13-14)5-8(11-10)4-7-2-3-7/h6-8,11H,2-5,10H2,1H3. The van der Waals surface area contributed by atoms with Crippen molar-refractivity contribution in [3.63, 3.8) is 0 Å². The molecule has 2 rings (SSSR count). The van der Waals surface area contributed by atoms with E-state index in [1.807, 2.05) is 13.2 Å². The second-order valence-corrected chi connectivity index (χ2v) is 4.13. The Bertz CT molecular complexity index is 291. The molecule has 5 nitrogen and oxygen atoms in total. The van der Waals surface area contributed by atoms with Gasteiger partial charge in [0.05, 0.1) is 5.69 Å². The zero-order chi connectivity index (χ0) is 9.97. The highest BCUT2D eigenvalue weighted by Gasteiger charge is 2.25.